The number of nitro groups is 1. The number of hydrogen-bond donors (Lipinski definition) is 0. The number of benzene rings is 1. The number of rotatable bonds is 4. The lowest BCUT2D eigenvalue weighted by molar-refractivity contribution is -0.385. The third-order valence-electron chi connectivity index (χ3n) is 2.68. The van der Waals surface area contributed by atoms with E-state index in [0.717, 1.165) is 5.96 Å². The van der Waals surface area contributed by atoms with E-state index in [1.54, 1.807) is 12.1 Å². The van der Waals surface area contributed by atoms with E-state index in [0.29, 0.717) is 23.6 Å². The second kappa shape index (κ2) is 7.09. The molecule has 0 N–H and O–H groups in total. The van der Waals surface area contributed by atoms with Gasteiger partial charge in [-0.25, -0.2) is 0 Å². The molecule has 1 rings (SSSR count). The highest BCUT2D eigenvalue weighted by molar-refractivity contribution is 6.30. The van der Waals surface area contributed by atoms with Crippen molar-refractivity contribution in [1.29, 1.82) is 0 Å². The first-order chi connectivity index (χ1) is 9.32. The predicted molar refractivity (Wildman–Crippen MR) is 81.5 cm³/mol. The first-order valence-electron chi connectivity index (χ1n) is 6.15. The van der Waals surface area contributed by atoms with Crippen molar-refractivity contribution in [3.8, 4) is 0 Å². The molecule has 0 amide bonds. The number of hydrogen-bond acceptors (Lipinski definition) is 3. The van der Waals surface area contributed by atoms with Gasteiger partial charge in [0, 0.05) is 51.4 Å². The topological polar surface area (TPSA) is 62.0 Å². The van der Waals surface area contributed by atoms with E-state index in [1.807, 2.05) is 38.0 Å². The fourth-order valence-corrected chi connectivity index (χ4v) is 2.04. The van der Waals surface area contributed by atoms with E-state index in [4.69, 9.17) is 11.6 Å². The number of aliphatic imine (C=N–C) groups is 1. The van der Waals surface area contributed by atoms with Crippen molar-refractivity contribution in [2.24, 2.45) is 4.99 Å². The fraction of sp³-hybridized carbons (Fsp3) is 0.462. The first kappa shape index (κ1) is 16.2. The Morgan fingerprint density at radius 1 is 1.30 bits per heavy atom. The summed E-state index contributed by atoms with van der Waals surface area (Å²) in [7, 11) is 7.63. The maximum Gasteiger partial charge on any atom is 0.274 e. The van der Waals surface area contributed by atoms with E-state index >= 15 is 0 Å². The van der Waals surface area contributed by atoms with Gasteiger partial charge in [-0.1, -0.05) is 17.7 Å². The largest absolute Gasteiger partial charge is 0.349 e. The molecule has 110 valence electrons. The molecule has 0 heterocycles. The van der Waals surface area contributed by atoms with E-state index in [-0.39, 0.29) is 5.69 Å². The van der Waals surface area contributed by atoms with Crippen LogP contribution >= 0.6 is 11.6 Å². The molecule has 0 spiro atoms. The van der Waals surface area contributed by atoms with Crippen LogP contribution in [0.4, 0.5) is 5.69 Å². The Kier molecular flexibility index (Phi) is 5.76. The maximum atomic E-state index is 11.0. The zero-order valence-corrected chi connectivity index (χ0v) is 12.9. The molecule has 6 nitrogen and oxygen atoms in total. The van der Waals surface area contributed by atoms with Crippen LogP contribution in [-0.4, -0.2) is 55.4 Å². The summed E-state index contributed by atoms with van der Waals surface area (Å²) >= 11 is 5.78. The summed E-state index contributed by atoms with van der Waals surface area (Å²) in [6.45, 7) is 0.480. The molecule has 0 fully saturated rings. The third-order valence-corrected chi connectivity index (χ3v) is 2.91. The molecule has 0 bridgehead atoms. The Morgan fingerprint density at radius 3 is 2.40 bits per heavy atom. The fourth-order valence-electron chi connectivity index (χ4n) is 1.88. The molecule has 1 aromatic rings. The van der Waals surface area contributed by atoms with Crippen molar-refractivity contribution >= 4 is 23.2 Å². The van der Waals surface area contributed by atoms with Crippen LogP contribution in [0.25, 0.3) is 0 Å². The summed E-state index contributed by atoms with van der Waals surface area (Å²) in [5, 5.41) is 11.3. The molecule has 0 aliphatic rings. The van der Waals surface area contributed by atoms with Crippen LogP contribution in [0.2, 0.25) is 5.02 Å². The van der Waals surface area contributed by atoms with Crippen LogP contribution in [0, 0.1) is 10.1 Å². The third kappa shape index (κ3) is 4.38. The van der Waals surface area contributed by atoms with Gasteiger partial charge in [0.1, 0.15) is 0 Å². The van der Waals surface area contributed by atoms with Crippen LogP contribution in [-0.2, 0) is 6.42 Å². The van der Waals surface area contributed by atoms with Crippen LogP contribution in [0.3, 0.4) is 0 Å². The number of nitro benzene ring substituents is 1. The minimum Gasteiger partial charge on any atom is -0.349 e. The van der Waals surface area contributed by atoms with Gasteiger partial charge in [0.05, 0.1) is 4.92 Å². The van der Waals surface area contributed by atoms with Crippen molar-refractivity contribution < 1.29 is 4.92 Å². The maximum absolute atomic E-state index is 11.0. The lowest BCUT2D eigenvalue weighted by atomic mass is 10.1. The summed E-state index contributed by atoms with van der Waals surface area (Å²) < 4.78 is 0. The number of nitrogens with zero attached hydrogens (tertiary/aromatic N) is 4. The number of halogens is 1. The van der Waals surface area contributed by atoms with E-state index < -0.39 is 4.92 Å². The minimum atomic E-state index is -0.413. The molecular formula is C13H19ClN4O2. The molecule has 0 unspecified atom stereocenters. The summed E-state index contributed by atoms with van der Waals surface area (Å²) in [5.74, 6) is 0.821. The van der Waals surface area contributed by atoms with Crippen LogP contribution in [0.15, 0.2) is 23.2 Å². The lowest BCUT2D eigenvalue weighted by Crippen LogP contribution is -2.35. The average molecular weight is 299 g/mol. The van der Waals surface area contributed by atoms with Crippen molar-refractivity contribution in [3.05, 3.63) is 38.9 Å². The lowest BCUT2D eigenvalue weighted by Gasteiger charge is -2.22. The standard InChI is InChI=1S/C13H19ClN4O2/c1-16(2)13(17(3)4)15-8-7-10-5-6-11(14)9-12(10)18(19)20/h5-6,9H,7-8H2,1-4H3. The molecule has 0 aliphatic carbocycles. The summed E-state index contributed by atoms with van der Waals surface area (Å²) in [5.41, 5.74) is 0.684. The normalized spacial score (nSPS) is 10.1. The highest BCUT2D eigenvalue weighted by atomic mass is 35.5. The van der Waals surface area contributed by atoms with Crippen molar-refractivity contribution in [1.82, 2.24) is 9.80 Å². The second-order valence-electron chi connectivity index (χ2n) is 4.75. The minimum absolute atomic E-state index is 0.0453. The quantitative estimate of drug-likeness (QED) is 0.370. The average Bonchev–Trinajstić information content (AvgIpc) is 2.34. The highest BCUT2D eigenvalue weighted by Gasteiger charge is 2.14. The zero-order chi connectivity index (χ0) is 15.3. The Hall–Kier alpha value is -1.82. The van der Waals surface area contributed by atoms with E-state index in [9.17, 15) is 10.1 Å². The Bertz CT molecular complexity index is 505. The molecule has 0 aliphatic heterocycles. The van der Waals surface area contributed by atoms with Gasteiger partial charge in [-0.15, -0.1) is 0 Å². The monoisotopic (exact) mass is 298 g/mol. The number of guanidine groups is 1. The Morgan fingerprint density at radius 2 is 1.90 bits per heavy atom. The zero-order valence-electron chi connectivity index (χ0n) is 12.1. The molecule has 0 saturated carbocycles. The molecule has 20 heavy (non-hydrogen) atoms. The molecule has 0 radical (unpaired) electrons. The van der Waals surface area contributed by atoms with Gasteiger partial charge in [-0.2, -0.15) is 0 Å². The van der Waals surface area contributed by atoms with Gasteiger partial charge in [-0.3, -0.25) is 15.1 Å². The van der Waals surface area contributed by atoms with E-state index in [2.05, 4.69) is 4.99 Å². The van der Waals surface area contributed by atoms with Crippen LogP contribution < -0.4 is 0 Å². The first-order valence-corrected chi connectivity index (χ1v) is 6.52. The van der Waals surface area contributed by atoms with Crippen molar-refractivity contribution in [3.63, 3.8) is 0 Å². The van der Waals surface area contributed by atoms with Gasteiger partial charge in [-0.05, 0) is 12.5 Å². The Labute approximate surface area is 123 Å². The highest BCUT2D eigenvalue weighted by Crippen LogP contribution is 2.23. The van der Waals surface area contributed by atoms with Gasteiger partial charge >= 0.3 is 0 Å². The van der Waals surface area contributed by atoms with Gasteiger partial charge in [0.15, 0.2) is 5.96 Å². The van der Waals surface area contributed by atoms with Crippen LogP contribution in [0.1, 0.15) is 5.56 Å². The molecule has 0 atom stereocenters. The Balaban J connectivity index is 2.85. The SMILES string of the molecule is CN(C)C(=NCCc1ccc(Cl)cc1[N+](=O)[O-])N(C)C. The molecule has 7 heteroatoms. The van der Waals surface area contributed by atoms with E-state index in [1.165, 1.54) is 6.07 Å². The van der Waals surface area contributed by atoms with Gasteiger partial charge in [0.25, 0.3) is 5.69 Å². The molecular weight excluding hydrogens is 280 g/mol. The summed E-state index contributed by atoms with van der Waals surface area (Å²) in [4.78, 5) is 18.8. The predicted octanol–water partition coefficient (Wildman–Crippen LogP) is 2.27. The van der Waals surface area contributed by atoms with Crippen molar-refractivity contribution in [2.75, 3.05) is 34.7 Å². The molecule has 0 saturated heterocycles. The molecule has 0 aromatic heterocycles. The van der Waals surface area contributed by atoms with Crippen molar-refractivity contribution in [2.45, 2.75) is 6.42 Å². The van der Waals surface area contributed by atoms with Crippen LogP contribution in [0.5, 0.6) is 0 Å². The second-order valence-corrected chi connectivity index (χ2v) is 5.19. The summed E-state index contributed by atoms with van der Waals surface area (Å²) in [6.07, 6.45) is 0.499. The summed E-state index contributed by atoms with van der Waals surface area (Å²) in [6, 6.07) is 4.72. The van der Waals surface area contributed by atoms with Gasteiger partial charge in [0.2, 0.25) is 0 Å². The molecule has 1 aromatic carbocycles. The smallest absolute Gasteiger partial charge is 0.274 e. The van der Waals surface area contributed by atoms with Gasteiger partial charge < -0.3 is 9.80 Å².